The van der Waals surface area contributed by atoms with Gasteiger partial charge in [-0.05, 0) is 26.7 Å². The third-order valence-corrected chi connectivity index (χ3v) is 3.45. The molecule has 0 unspecified atom stereocenters. The van der Waals surface area contributed by atoms with E-state index < -0.39 is 5.60 Å². The van der Waals surface area contributed by atoms with E-state index in [0.29, 0.717) is 13.2 Å². The number of carbonyl (C=O) groups excluding carboxylic acids is 2. The Kier molecular flexibility index (Phi) is 6.33. The molecule has 0 aromatic rings. The first-order valence-corrected chi connectivity index (χ1v) is 6.97. The molecule has 18 heavy (non-hydrogen) atoms. The van der Waals surface area contributed by atoms with Gasteiger partial charge in [-0.3, -0.25) is 9.59 Å². The van der Waals surface area contributed by atoms with Gasteiger partial charge in [0.25, 0.3) is 0 Å². The van der Waals surface area contributed by atoms with E-state index in [9.17, 15) is 9.59 Å². The molecule has 1 aliphatic rings. The van der Waals surface area contributed by atoms with Gasteiger partial charge >= 0.3 is 5.97 Å². The Labute approximate surface area is 109 Å². The maximum atomic E-state index is 12.3. The second-order valence-corrected chi connectivity index (χ2v) is 4.72. The normalized spacial score (nSPS) is 18.3. The molecule has 0 aromatic carbocycles. The van der Waals surface area contributed by atoms with E-state index >= 15 is 0 Å². The van der Waals surface area contributed by atoms with Crippen molar-refractivity contribution in [3.05, 3.63) is 0 Å². The summed E-state index contributed by atoms with van der Waals surface area (Å²) in [6.45, 7) is 4.59. The van der Waals surface area contributed by atoms with Gasteiger partial charge in [-0.15, -0.1) is 0 Å². The third-order valence-electron chi connectivity index (χ3n) is 3.45. The molecule has 4 heteroatoms. The summed E-state index contributed by atoms with van der Waals surface area (Å²) in [6, 6.07) is 0. The summed E-state index contributed by atoms with van der Waals surface area (Å²) in [7, 11) is 0. The minimum Gasteiger partial charge on any atom is -0.466 e. The lowest BCUT2D eigenvalue weighted by atomic mass is 9.80. The van der Waals surface area contributed by atoms with Crippen LogP contribution in [-0.4, -0.2) is 30.6 Å². The van der Waals surface area contributed by atoms with Crippen molar-refractivity contribution in [2.75, 3.05) is 13.2 Å². The Morgan fingerprint density at radius 1 is 1.00 bits per heavy atom. The van der Waals surface area contributed by atoms with Crippen molar-refractivity contribution >= 4 is 11.8 Å². The molecule has 0 atom stereocenters. The zero-order valence-electron chi connectivity index (χ0n) is 11.5. The van der Waals surface area contributed by atoms with Crippen LogP contribution in [0.25, 0.3) is 0 Å². The fourth-order valence-corrected chi connectivity index (χ4v) is 2.58. The maximum absolute atomic E-state index is 12.3. The summed E-state index contributed by atoms with van der Waals surface area (Å²) in [4.78, 5) is 23.6. The predicted octanol–water partition coefficient (Wildman–Crippen LogP) is 2.64. The fraction of sp³-hybridized carbons (Fsp3) is 0.857. The summed E-state index contributed by atoms with van der Waals surface area (Å²) in [5.41, 5.74) is -0.626. The van der Waals surface area contributed by atoms with Crippen molar-refractivity contribution in [2.45, 2.75) is 64.4 Å². The molecule has 0 heterocycles. The van der Waals surface area contributed by atoms with Gasteiger partial charge in [0.2, 0.25) is 0 Å². The van der Waals surface area contributed by atoms with Crippen molar-refractivity contribution in [3.8, 4) is 0 Å². The number of carbonyl (C=O) groups is 2. The van der Waals surface area contributed by atoms with Crippen molar-refractivity contribution in [1.29, 1.82) is 0 Å². The van der Waals surface area contributed by atoms with Gasteiger partial charge in [0.05, 0.1) is 13.0 Å². The number of ether oxygens (including phenoxy) is 2. The molecule has 0 bridgehead atoms. The number of Topliss-reactive ketones (excluding diaryl/α,β-unsaturated/α-hetero) is 1. The molecule has 0 aliphatic heterocycles. The van der Waals surface area contributed by atoms with Crippen LogP contribution < -0.4 is 0 Å². The highest BCUT2D eigenvalue weighted by Gasteiger charge is 2.39. The fourth-order valence-electron chi connectivity index (χ4n) is 2.58. The quantitative estimate of drug-likeness (QED) is 0.657. The molecule has 1 aliphatic carbocycles. The van der Waals surface area contributed by atoms with Gasteiger partial charge in [0.1, 0.15) is 5.60 Å². The van der Waals surface area contributed by atoms with E-state index in [4.69, 9.17) is 9.47 Å². The smallest absolute Gasteiger partial charge is 0.306 e. The summed E-state index contributed by atoms with van der Waals surface area (Å²) in [5.74, 6) is -0.231. The predicted molar refractivity (Wildman–Crippen MR) is 68.3 cm³/mol. The molecule has 104 valence electrons. The molecular formula is C14H24O4. The molecule has 1 saturated carbocycles. The first-order valence-electron chi connectivity index (χ1n) is 6.97. The minimum atomic E-state index is -0.626. The number of hydrogen-bond acceptors (Lipinski definition) is 4. The molecule has 1 rings (SSSR count). The Bertz CT molecular complexity index is 274. The summed E-state index contributed by atoms with van der Waals surface area (Å²) in [6.07, 6.45) is 5.22. The van der Waals surface area contributed by atoms with Crippen molar-refractivity contribution < 1.29 is 19.1 Å². The van der Waals surface area contributed by atoms with Crippen LogP contribution in [-0.2, 0) is 19.1 Å². The SMILES string of the molecule is CCOC(=O)CCC(=O)C1(OCC)CCCCC1. The Morgan fingerprint density at radius 3 is 2.22 bits per heavy atom. The Balaban J connectivity index is 2.51. The first kappa shape index (κ1) is 15.2. The van der Waals surface area contributed by atoms with E-state index in [1.54, 1.807) is 6.92 Å². The maximum Gasteiger partial charge on any atom is 0.306 e. The molecule has 0 spiro atoms. The average molecular weight is 256 g/mol. The monoisotopic (exact) mass is 256 g/mol. The lowest BCUT2D eigenvalue weighted by Crippen LogP contribution is -2.43. The van der Waals surface area contributed by atoms with E-state index in [0.717, 1.165) is 25.7 Å². The van der Waals surface area contributed by atoms with E-state index in [1.807, 2.05) is 6.92 Å². The van der Waals surface area contributed by atoms with Gasteiger partial charge in [-0.2, -0.15) is 0 Å². The molecule has 0 amide bonds. The summed E-state index contributed by atoms with van der Waals surface area (Å²) < 4.78 is 10.6. The summed E-state index contributed by atoms with van der Waals surface area (Å²) in [5, 5.41) is 0. The molecule has 1 fully saturated rings. The topological polar surface area (TPSA) is 52.6 Å². The standard InChI is InChI=1S/C14H24O4/c1-3-17-13(16)9-8-12(15)14(18-4-2)10-6-5-7-11-14/h3-11H2,1-2H3. The van der Waals surface area contributed by atoms with Crippen molar-refractivity contribution in [1.82, 2.24) is 0 Å². The minimum absolute atomic E-state index is 0.0668. The van der Waals surface area contributed by atoms with Crippen LogP contribution >= 0.6 is 0 Å². The first-order chi connectivity index (χ1) is 8.64. The molecule has 4 nitrogen and oxygen atoms in total. The lowest BCUT2D eigenvalue weighted by molar-refractivity contribution is -0.152. The lowest BCUT2D eigenvalue weighted by Gasteiger charge is -2.35. The van der Waals surface area contributed by atoms with E-state index in [2.05, 4.69) is 0 Å². The van der Waals surface area contributed by atoms with E-state index in [1.165, 1.54) is 6.42 Å². The molecule has 0 N–H and O–H groups in total. The highest BCUT2D eigenvalue weighted by atomic mass is 16.5. The molecule has 0 aromatic heterocycles. The van der Waals surface area contributed by atoms with E-state index in [-0.39, 0.29) is 24.6 Å². The zero-order valence-corrected chi connectivity index (χ0v) is 11.5. The van der Waals surface area contributed by atoms with Crippen LogP contribution in [0.1, 0.15) is 58.8 Å². The number of ketones is 1. The average Bonchev–Trinajstić information content (AvgIpc) is 2.38. The number of hydrogen-bond donors (Lipinski definition) is 0. The molecule has 0 radical (unpaired) electrons. The van der Waals surface area contributed by atoms with Gasteiger partial charge in [0, 0.05) is 13.0 Å². The zero-order chi connectivity index (χ0) is 13.4. The highest BCUT2D eigenvalue weighted by molar-refractivity contribution is 5.89. The Morgan fingerprint density at radius 2 is 1.67 bits per heavy atom. The Hall–Kier alpha value is -0.900. The van der Waals surface area contributed by atoms with Crippen LogP contribution in [0.3, 0.4) is 0 Å². The van der Waals surface area contributed by atoms with Gasteiger partial charge in [-0.25, -0.2) is 0 Å². The van der Waals surface area contributed by atoms with Crippen LogP contribution in [0.5, 0.6) is 0 Å². The van der Waals surface area contributed by atoms with Crippen molar-refractivity contribution in [2.24, 2.45) is 0 Å². The highest BCUT2D eigenvalue weighted by Crippen LogP contribution is 2.33. The number of esters is 1. The van der Waals surface area contributed by atoms with Gasteiger partial charge in [-0.1, -0.05) is 19.3 Å². The van der Waals surface area contributed by atoms with Crippen LogP contribution in [0.2, 0.25) is 0 Å². The number of rotatable bonds is 7. The van der Waals surface area contributed by atoms with Crippen LogP contribution in [0, 0.1) is 0 Å². The molecule has 0 saturated heterocycles. The third kappa shape index (κ3) is 4.09. The van der Waals surface area contributed by atoms with Gasteiger partial charge in [0.15, 0.2) is 5.78 Å². The largest absolute Gasteiger partial charge is 0.466 e. The molecular weight excluding hydrogens is 232 g/mol. The summed E-state index contributed by atoms with van der Waals surface area (Å²) >= 11 is 0. The van der Waals surface area contributed by atoms with Crippen LogP contribution in [0.15, 0.2) is 0 Å². The van der Waals surface area contributed by atoms with Crippen molar-refractivity contribution in [3.63, 3.8) is 0 Å². The van der Waals surface area contributed by atoms with Gasteiger partial charge < -0.3 is 9.47 Å². The second kappa shape index (κ2) is 7.52. The van der Waals surface area contributed by atoms with Crippen LogP contribution in [0.4, 0.5) is 0 Å². The second-order valence-electron chi connectivity index (χ2n) is 4.72.